The molecule has 0 bridgehead atoms. The third kappa shape index (κ3) is 2.59. The van der Waals surface area contributed by atoms with Crippen molar-refractivity contribution in [3.05, 3.63) is 58.6 Å². The molecule has 4 nitrogen and oxygen atoms in total. The Morgan fingerprint density at radius 2 is 1.78 bits per heavy atom. The van der Waals surface area contributed by atoms with Crippen LogP contribution in [0.5, 0.6) is 5.75 Å². The highest BCUT2D eigenvalue weighted by Gasteiger charge is 2.60. The fraction of sp³-hybridized carbons (Fsp3) is 0.368. The Morgan fingerprint density at radius 1 is 1.11 bits per heavy atom. The smallest absolute Gasteiger partial charge is 0.189 e. The number of benzene rings is 2. The minimum atomic E-state index is -4.11. The number of fused-ring (bicyclic) bond motifs is 3. The van der Waals surface area contributed by atoms with Gasteiger partial charge in [0, 0.05) is 17.5 Å². The topological polar surface area (TPSA) is 52.6 Å². The van der Waals surface area contributed by atoms with E-state index in [4.69, 9.17) is 21.1 Å². The van der Waals surface area contributed by atoms with E-state index in [2.05, 4.69) is 0 Å². The fourth-order valence-electron chi connectivity index (χ4n) is 4.19. The van der Waals surface area contributed by atoms with Crippen molar-refractivity contribution in [2.24, 2.45) is 5.92 Å². The standard InChI is InChI=1S/C19H17ClF2O4S/c1-11-14-10-26-18-16(22)7-6-15(21)17(18)19(14,8-9-25-11)27(23,24)13-4-2-12(20)3-5-13/h2-7,11,14H,8-10H2,1H3/t11-,14?,19?/m0/s1. The van der Waals surface area contributed by atoms with Crippen molar-refractivity contribution in [3.8, 4) is 5.75 Å². The van der Waals surface area contributed by atoms with Crippen molar-refractivity contribution in [2.75, 3.05) is 13.2 Å². The van der Waals surface area contributed by atoms with Crippen molar-refractivity contribution in [2.45, 2.75) is 29.1 Å². The maximum absolute atomic E-state index is 14.9. The summed E-state index contributed by atoms with van der Waals surface area (Å²) in [7, 11) is -4.11. The monoisotopic (exact) mass is 414 g/mol. The minimum absolute atomic E-state index is 0.00233. The lowest BCUT2D eigenvalue weighted by atomic mass is 9.76. The van der Waals surface area contributed by atoms with E-state index in [0.717, 1.165) is 12.1 Å². The molecule has 4 rings (SSSR count). The van der Waals surface area contributed by atoms with E-state index in [1.54, 1.807) is 6.92 Å². The van der Waals surface area contributed by atoms with E-state index in [-0.39, 0.29) is 35.8 Å². The molecule has 2 aliphatic heterocycles. The molecule has 144 valence electrons. The second-order valence-corrected chi connectivity index (χ2v) is 9.47. The Balaban J connectivity index is 2.04. The summed E-state index contributed by atoms with van der Waals surface area (Å²) in [6.45, 7) is 1.75. The molecule has 3 atom stereocenters. The lowest BCUT2D eigenvalue weighted by Gasteiger charge is -2.49. The highest BCUT2D eigenvalue weighted by molar-refractivity contribution is 7.92. The van der Waals surface area contributed by atoms with Gasteiger partial charge in [0.2, 0.25) is 0 Å². The number of sulfone groups is 1. The summed E-state index contributed by atoms with van der Waals surface area (Å²) in [5.41, 5.74) is -0.246. The molecule has 1 saturated heterocycles. The molecule has 0 radical (unpaired) electrons. The summed E-state index contributed by atoms with van der Waals surface area (Å²) in [6.07, 6.45) is -0.499. The van der Waals surface area contributed by atoms with E-state index >= 15 is 0 Å². The summed E-state index contributed by atoms with van der Waals surface area (Å²) in [5, 5.41) is 0.382. The summed E-state index contributed by atoms with van der Waals surface area (Å²) in [6, 6.07) is 7.58. The van der Waals surface area contributed by atoms with Gasteiger partial charge in [-0.25, -0.2) is 17.2 Å². The second-order valence-electron chi connectivity index (χ2n) is 6.82. The summed E-state index contributed by atoms with van der Waals surface area (Å²) in [5.74, 6) is -2.61. The average molecular weight is 415 g/mol. The normalized spacial score (nSPS) is 27.4. The van der Waals surface area contributed by atoms with Crippen molar-refractivity contribution in [3.63, 3.8) is 0 Å². The molecule has 8 heteroatoms. The first kappa shape index (κ1) is 18.7. The minimum Gasteiger partial charge on any atom is -0.490 e. The average Bonchev–Trinajstić information content (AvgIpc) is 2.64. The van der Waals surface area contributed by atoms with E-state index < -0.39 is 38.2 Å². The van der Waals surface area contributed by atoms with Gasteiger partial charge in [0.1, 0.15) is 10.6 Å². The van der Waals surface area contributed by atoms with Gasteiger partial charge in [-0.05, 0) is 49.7 Å². The van der Waals surface area contributed by atoms with Crippen molar-refractivity contribution in [1.82, 2.24) is 0 Å². The van der Waals surface area contributed by atoms with E-state index in [1.165, 1.54) is 24.3 Å². The van der Waals surface area contributed by atoms with E-state index in [0.29, 0.717) is 5.02 Å². The number of rotatable bonds is 2. The Bertz CT molecular complexity index is 994. The van der Waals surface area contributed by atoms with Gasteiger partial charge in [-0.2, -0.15) is 0 Å². The molecule has 0 N–H and O–H groups in total. The lowest BCUT2D eigenvalue weighted by molar-refractivity contribution is -0.0626. The molecule has 0 spiro atoms. The van der Waals surface area contributed by atoms with Crippen LogP contribution in [0.25, 0.3) is 0 Å². The van der Waals surface area contributed by atoms with Crippen molar-refractivity contribution >= 4 is 21.4 Å². The van der Waals surface area contributed by atoms with Crippen LogP contribution in [0.1, 0.15) is 18.9 Å². The number of halogens is 3. The molecule has 2 heterocycles. The van der Waals surface area contributed by atoms with Gasteiger partial charge in [0.05, 0.1) is 23.2 Å². The maximum atomic E-state index is 14.9. The predicted octanol–water partition coefficient (Wildman–Crippen LogP) is 4.10. The molecule has 0 aromatic heterocycles. The Morgan fingerprint density at radius 3 is 2.48 bits per heavy atom. The highest BCUT2D eigenvalue weighted by Crippen LogP contribution is 2.55. The van der Waals surface area contributed by atoms with Crippen molar-refractivity contribution in [1.29, 1.82) is 0 Å². The first-order valence-electron chi connectivity index (χ1n) is 8.52. The number of hydrogen-bond donors (Lipinski definition) is 0. The second kappa shape index (κ2) is 6.43. The van der Waals surface area contributed by atoms with Crippen molar-refractivity contribution < 1.29 is 26.7 Å². The largest absolute Gasteiger partial charge is 0.490 e. The molecule has 0 aliphatic carbocycles. The zero-order valence-corrected chi connectivity index (χ0v) is 16.0. The van der Waals surface area contributed by atoms with E-state index in [9.17, 15) is 17.2 Å². The van der Waals surface area contributed by atoms with Gasteiger partial charge < -0.3 is 9.47 Å². The quantitative estimate of drug-likeness (QED) is 0.742. The van der Waals surface area contributed by atoms with Crippen LogP contribution in [0, 0.1) is 17.6 Å². The van der Waals surface area contributed by atoms with Crippen LogP contribution in [0.4, 0.5) is 8.78 Å². The third-order valence-corrected chi connectivity index (χ3v) is 8.33. The zero-order chi connectivity index (χ0) is 19.4. The van der Waals surface area contributed by atoms with Crippen LogP contribution in [0.15, 0.2) is 41.3 Å². The Kier molecular flexibility index (Phi) is 4.44. The first-order valence-corrected chi connectivity index (χ1v) is 10.4. The predicted molar refractivity (Wildman–Crippen MR) is 95.7 cm³/mol. The molecule has 27 heavy (non-hydrogen) atoms. The fourth-order valence-corrected chi connectivity index (χ4v) is 6.70. The number of hydrogen-bond acceptors (Lipinski definition) is 4. The Hall–Kier alpha value is -1.70. The van der Waals surface area contributed by atoms with E-state index in [1.807, 2.05) is 0 Å². The third-order valence-electron chi connectivity index (χ3n) is 5.51. The summed E-state index contributed by atoms with van der Waals surface area (Å²) in [4.78, 5) is 0.00233. The van der Waals surface area contributed by atoms with Gasteiger partial charge in [0.15, 0.2) is 21.4 Å². The van der Waals surface area contributed by atoms with Gasteiger partial charge >= 0.3 is 0 Å². The van der Waals surface area contributed by atoms with Crippen LogP contribution in [-0.2, 0) is 19.3 Å². The van der Waals surface area contributed by atoms with Crippen LogP contribution in [-0.4, -0.2) is 27.7 Å². The molecule has 0 saturated carbocycles. The molecular weight excluding hydrogens is 398 g/mol. The highest BCUT2D eigenvalue weighted by atomic mass is 35.5. The van der Waals surface area contributed by atoms with Crippen LogP contribution < -0.4 is 4.74 Å². The molecule has 2 aromatic rings. The van der Waals surface area contributed by atoms with Gasteiger partial charge in [0.25, 0.3) is 0 Å². The van der Waals surface area contributed by atoms with Gasteiger partial charge in [-0.15, -0.1) is 0 Å². The number of ether oxygens (including phenoxy) is 2. The Labute approximate surface area is 161 Å². The lowest BCUT2D eigenvalue weighted by Crippen LogP contribution is -2.56. The van der Waals surface area contributed by atoms with Crippen LogP contribution in [0.2, 0.25) is 5.02 Å². The van der Waals surface area contributed by atoms with Gasteiger partial charge in [-0.1, -0.05) is 11.6 Å². The molecule has 2 aliphatic rings. The SMILES string of the molecule is C[C@@H]1OCCC2(S(=O)(=O)c3ccc(Cl)cc3)c3c(F)ccc(F)c3OCC12. The van der Waals surface area contributed by atoms with Gasteiger partial charge in [-0.3, -0.25) is 0 Å². The molecule has 1 fully saturated rings. The molecule has 0 amide bonds. The van der Waals surface area contributed by atoms with Crippen LogP contribution in [0.3, 0.4) is 0 Å². The zero-order valence-electron chi connectivity index (χ0n) is 14.4. The molecular formula is C19H17ClF2O4S. The maximum Gasteiger partial charge on any atom is 0.189 e. The molecule has 2 aromatic carbocycles. The summed E-state index contributed by atoms with van der Waals surface area (Å²) < 4.78 is 66.3. The first-order chi connectivity index (χ1) is 12.8. The van der Waals surface area contributed by atoms with Crippen LogP contribution >= 0.6 is 11.6 Å². The summed E-state index contributed by atoms with van der Waals surface area (Å²) >= 11 is 5.89. The molecule has 2 unspecified atom stereocenters.